The van der Waals surface area contributed by atoms with Gasteiger partial charge in [0.25, 0.3) is 0 Å². The Morgan fingerprint density at radius 2 is 2.00 bits per heavy atom. The third-order valence-corrected chi connectivity index (χ3v) is 2.94. The van der Waals surface area contributed by atoms with Gasteiger partial charge >= 0.3 is 0 Å². The van der Waals surface area contributed by atoms with Crippen molar-refractivity contribution in [2.75, 3.05) is 26.2 Å². The van der Waals surface area contributed by atoms with E-state index in [1.165, 1.54) is 18.9 Å². The zero-order valence-corrected chi connectivity index (χ0v) is 9.81. The first-order valence-corrected chi connectivity index (χ1v) is 6.03. The van der Waals surface area contributed by atoms with Crippen LogP contribution in [0.4, 0.5) is 4.39 Å². The van der Waals surface area contributed by atoms with Crippen LogP contribution in [0.1, 0.15) is 12.8 Å². The predicted molar refractivity (Wildman–Crippen MR) is 63.6 cm³/mol. The van der Waals surface area contributed by atoms with E-state index in [9.17, 15) is 9.50 Å². The van der Waals surface area contributed by atoms with E-state index in [0.717, 1.165) is 13.1 Å². The quantitative estimate of drug-likeness (QED) is 0.848. The average molecular weight is 239 g/mol. The maximum Gasteiger partial charge on any atom is 0.165 e. The van der Waals surface area contributed by atoms with Crippen molar-refractivity contribution in [2.45, 2.75) is 18.9 Å². The van der Waals surface area contributed by atoms with Gasteiger partial charge < -0.3 is 14.7 Å². The normalized spacial score (nSPS) is 18.2. The second kappa shape index (κ2) is 5.98. The molecule has 17 heavy (non-hydrogen) atoms. The van der Waals surface area contributed by atoms with Gasteiger partial charge in [0.1, 0.15) is 12.7 Å². The van der Waals surface area contributed by atoms with Crippen molar-refractivity contribution in [1.29, 1.82) is 0 Å². The number of rotatable bonds is 5. The van der Waals surface area contributed by atoms with Crippen molar-refractivity contribution >= 4 is 0 Å². The lowest BCUT2D eigenvalue weighted by molar-refractivity contribution is 0.0743. The van der Waals surface area contributed by atoms with Gasteiger partial charge in [-0.05, 0) is 38.1 Å². The molecule has 1 aliphatic heterocycles. The molecule has 0 unspecified atom stereocenters. The second-order valence-corrected chi connectivity index (χ2v) is 4.40. The lowest BCUT2D eigenvalue weighted by atomic mass is 10.3. The van der Waals surface area contributed by atoms with Crippen molar-refractivity contribution < 1.29 is 14.2 Å². The van der Waals surface area contributed by atoms with Gasteiger partial charge in [-0.3, -0.25) is 0 Å². The van der Waals surface area contributed by atoms with Gasteiger partial charge in [-0.1, -0.05) is 12.1 Å². The van der Waals surface area contributed by atoms with Gasteiger partial charge in [0, 0.05) is 6.54 Å². The topological polar surface area (TPSA) is 32.7 Å². The molecule has 1 aromatic carbocycles. The molecule has 1 atom stereocenters. The third kappa shape index (κ3) is 3.68. The van der Waals surface area contributed by atoms with Crippen LogP contribution in [-0.2, 0) is 0 Å². The maximum absolute atomic E-state index is 13.2. The summed E-state index contributed by atoms with van der Waals surface area (Å²) in [5.41, 5.74) is 0. The number of β-amino-alcohol motifs (C(OH)–C–C–N with tert-alkyl or cyclic N) is 1. The van der Waals surface area contributed by atoms with Crippen LogP contribution >= 0.6 is 0 Å². The largest absolute Gasteiger partial charge is 0.488 e. The Labute approximate surface area is 101 Å². The molecule has 3 nitrogen and oxygen atoms in total. The first kappa shape index (κ1) is 12.3. The standard InChI is InChI=1S/C13H18FNO2/c14-12-5-1-2-6-13(12)17-10-11(16)9-15-7-3-4-8-15/h1-2,5-6,11,16H,3-4,7-10H2/t11-/m1/s1. The minimum absolute atomic E-state index is 0.136. The molecule has 0 bridgehead atoms. The fourth-order valence-corrected chi connectivity index (χ4v) is 2.06. The van der Waals surface area contributed by atoms with Crippen LogP contribution in [0.2, 0.25) is 0 Å². The van der Waals surface area contributed by atoms with E-state index < -0.39 is 6.10 Å². The smallest absolute Gasteiger partial charge is 0.165 e. The van der Waals surface area contributed by atoms with Gasteiger partial charge in [-0.15, -0.1) is 0 Å². The molecule has 1 fully saturated rings. The molecule has 0 aromatic heterocycles. The first-order valence-electron chi connectivity index (χ1n) is 6.03. The fourth-order valence-electron chi connectivity index (χ4n) is 2.06. The lowest BCUT2D eigenvalue weighted by Crippen LogP contribution is -2.33. The molecule has 0 radical (unpaired) electrons. The van der Waals surface area contributed by atoms with Crippen LogP contribution in [0.15, 0.2) is 24.3 Å². The highest BCUT2D eigenvalue weighted by atomic mass is 19.1. The van der Waals surface area contributed by atoms with E-state index in [1.54, 1.807) is 18.2 Å². The first-order chi connectivity index (χ1) is 8.25. The molecule has 0 amide bonds. The molecule has 0 aliphatic carbocycles. The monoisotopic (exact) mass is 239 g/mol. The molecule has 2 rings (SSSR count). The molecular weight excluding hydrogens is 221 g/mol. The van der Waals surface area contributed by atoms with Crippen LogP contribution < -0.4 is 4.74 Å². The highest BCUT2D eigenvalue weighted by Gasteiger charge is 2.16. The summed E-state index contributed by atoms with van der Waals surface area (Å²) < 4.78 is 18.5. The van der Waals surface area contributed by atoms with Crippen LogP contribution in [0.25, 0.3) is 0 Å². The van der Waals surface area contributed by atoms with Crippen LogP contribution in [-0.4, -0.2) is 42.4 Å². The third-order valence-electron chi connectivity index (χ3n) is 2.94. The number of benzene rings is 1. The minimum atomic E-state index is -0.562. The number of halogens is 1. The molecule has 4 heteroatoms. The summed E-state index contributed by atoms with van der Waals surface area (Å²) >= 11 is 0. The summed E-state index contributed by atoms with van der Waals surface area (Å²) in [6, 6.07) is 6.24. The number of ether oxygens (including phenoxy) is 1. The molecule has 1 saturated heterocycles. The van der Waals surface area contributed by atoms with E-state index >= 15 is 0 Å². The summed E-state index contributed by atoms with van der Waals surface area (Å²) in [5, 5.41) is 9.77. The number of hydrogen-bond acceptors (Lipinski definition) is 3. The van der Waals surface area contributed by atoms with E-state index in [0.29, 0.717) is 6.54 Å². The number of aliphatic hydroxyl groups is 1. The highest BCUT2D eigenvalue weighted by molar-refractivity contribution is 5.23. The molecular formula is C13H18FNO2. The van der Waals surface area contributed by atoms with Crippen LogP contribution in [0, 0.1) is 5.82 Å². The predicted octanol–water partition coefficient (Wildman–Crippen LogP) is 1.66. The number of likely N-dealkylation sites (tertiary alicyclic amines) is 1. The SMILES string of the molecule is O[C@@H](COc1ccccc1F)CN1CCCC1. The van der Waals surface area contributed by atoms with Crippen molar-refractivity contribution in [2.24, 2.45) is 0 Å². The van der Waals surface area contributed by atoms with E-state index in [1.807, 2.05) is 0 Å². The Kier molecular flexibility index (Phi) is 4.34. The summed E-state index contributed by atoms with van der Waals surface area (Å²) in [7, 11) is 0. The molecule has 0 saturated carbocycles. The highest BCUT2D eigenvalue weighted by Crippen LogP contribution is 2.15. The molecule has 1 heterocycles. The van der Waals surface area contributed by atoms with Gasteiger partial charge in [-0.25, -0.2) is 4.39 Å². The molecule has 1 aliphatic rings. The minimum Gasteiger partial charge on any atom is -0.488 e. The number of aliphatic hydroxyl groups excluding tert-OH is 1. The Morgan fingerprint density at radius 1 is 1.29 bits per heavy atom. The number of hydrogen-bond donors (Lipinski definition) is 1. The summed E-state index contributed by atoms with van der Waals surface area (Å²) in [6.45, 7) is 2.82. The summed E-state index contributed by atoms with van der Waals surface area (Å²) in [6.07, 6.45) is 1.83. The average Bonchev–Trinajstić information content (AvgIpc) is 2.81. The molecule has 94 valence electrons. The van der Waals surface area contributed by atoms with Gasteiger partial charge in [0.05, 0.1) is 0 Å². The molecule has 1 aromatic rings. The number of nitrogens with zero attached hydrogens (tertiary/aromatic N) is 1. The van der Waals surface area contributed by atoms with E-state index in [-0.39, 0.29) is 18.2 Å². The van der Waals surface area contributed by atoms with Gasteiger partial charge in [0.15, 0.2) is 11.6 Å². The zero-order valence-electron chi connectivity index (χ0n) is 9.81. The van der Waals surface area contributed by atoms with Crippen molar-refractivity contribution in [3.63, 3.8) is 0 Å². The fraction of sp³-hybridized carbons (Fsp3) is 0.538. The Hall–Kier alpha value is -1.13. The summed E-state index contributed by atoms with van der Waals surface area (Å²) in [4.78, 5) is 2.20. The van der Waals surface area contributed by atoms with E-state index in [2.05, 4.69) is 4.90 Å². The van der Waals surface area contributed by atoms with E-state index in [4.69, 9.17) is 4.74 Å². The summed E-state index contributed by atoms with van der Waals surface area (Å²) in [5.74, 6) is -0.186. The molecule has 1 N–H and O–H groups in total. The van der Waals surface area contributed by atoms with Crippen molar-refractivity contribution in [1.82, 2.24) is 4.90 Å². The lowest BCUT2D eigenvalue weighted by Gasteiger charge is -2.19. The van der Waals surface area contributed by atoms with Gasteiger partial charge in [0.2, 0.25) is 0 Å². The second-order valence-electron chi connectivity index (χ2n) is 4.40. The molecule has 0 spiro atoms. The Bertz CT molecular complexity index is 353. The Balaban J connectivity index is 1.75. The van der Waals surface area contributed by atoms with Gasteiger partial charge in [-0.2, -0.15) is 0 Å². The van der Waals surface area contributed by atoms with Crippen LogP contribution in [0.5, 0.6) is 5.75 Å². The maximum atomic E-state index is 13.2. The van der Waals surface area contributed by atoms with Crippen LogP contribution in [0.3, 0.4) is 0 Å². The Morgan fingerprint density at radius 3 is 2.71 bits per heavy atom. The van der Waals surface area contributed by atoms with Crippen molar-refractivity contribution in [3.05, 3.63) is 30.1 Å². The van der Waals surface area contributed by atoms with Crippen molar-refractivity contribution in [3.8, 4) is 5.75 Å². The number of para-hydroxylation sites is 1. The zero-order chi connectivity index (χ0) is 12.1.